The van der Waals surface area contributed by atoms with Crippen LogP contribution in [-0.2, 0) is 9.53 Å². The summed E-state index contributed by atoms with van der Waals surface area (Å²) in [5.41, 5.74) is 0.0506. The van der Waals surface area contributed by atoms with Crippen molar-refractivity contribution in [1.29, 1.82) is 0 Å². The lowest BCUT2D eigenvalue weighted by Gasteiger charge is -2.61. The van der Waals surface area contributed by atoms with E-state index in [2.05, 4.69) is 20.8 Å². The number of fused-ring (bicyclic) bond motifs is 5. The number of aliphatic hydroxyl groups is 1. The summed E-state index contributed by atoms with van der Waals surface area (Å²) in [6.45, 7) is 8.53. The van der Waals surface area contributed by atoms with Crippen molar-refractivity contribution in [1.82, 2.24) is 0 Å². The van der Waals surface area contributed by atoms with Gasteiger partial charge in [-0.3, -0.25) is 4.79 Å². The number of carbonyl (C=O) groups excluding carboxylic acids is 1. The van der Waals surface area contributed by atoms with Crippen LogP contribution in [0.3, 0.4) is 0 Å². The zero-order valence-corrected chi connectivity index (χ0v) is 16.5. The fourth-order valence-corrected chi connectivity index (χ4v) is 7.80. The molecule has 0 bridgehead atoms. The molecular weight excluding hydrogens is 312 g/mol. The molecule has 0 saturated heterocycles. The lowest BCUT2D eigenvalue weighted by Crippen LogP contribution is -2.56. The smallest absolute Gasteiger partial charge is 0.302 e. The molecule has 3 heteroatoms. The van der Waals surface area contributed by atoms with Gasteiger partial charge >= 0.3 is 5.97 Å². The maximum Gasteiger partial charge on any atom is 0.302 e. The molecule has 0 aromatic heterocycles. The minimum atomic E-state index is -0.479. The van der Waals surface area contributed by atoms with Gasteiger partial charge in [0.05, 0.1) is 5.60 Å². The first-order valence-corrected chi connectivity index (χ1v) is 10.6. The molecule has 1 N–H and O–H groups in total. The molecule has 4 fully saturated rings. The third-order valence-electron chi connectivity index (χ3n) is 9.51. The standard InChI is InChI=1S/C22H36O3/c1-14(23)25-16-7-10-20(2)15(13-16)5-6-17-18(20)8-11-21(3)19(17)9-12-22(21,4)24/h15-19,24H,5-13H2,1-4H3/t15-,16-,17+,18-,19-,20-,21-,22+/m0/s1. The molecule has 0 aliphatic heterocycles. The van der Waals surface area contributed by atoms with E-state index in [4.69, 9.17) is 4.74 Å². The Morgan fingerprint density at radius 2 is 1.68 bits per heavy atom. The molecule has 8 atom stereocenters. The second kappa shape index (κ2) is 5.71. The fourth-order valence-electron chi connectivity index (χ4n) is 7.80. The van der Waals surface area contributed by atoms with Gasteiger partial charge in [-0.2, -0.15) is 0 Å². The summed E-state index contributed by atoms with van der Waals surface area (Å²) in [5, 5.41) is 11.0. The van der Waals surface area contributed by atoms with Crippen LogP contribution >= 0.6 is 0 Å². The summed E-state index contributed by atoms with van der Waals surface area (Å²) >= 11 is 0. The van der Waals surface area contributed by atoms with Gasteiger partial charge in [-0.15, -0.1) is 0 Å². The number of carbonyl (C=O) groups is 1. The van der Waals surface area contributed by atoms with Gasteiger partial charge in [-0.05, 0) is 99.2 Å². The van der Waals surface area contributed by atoms with Crippen molar-refractivity contribution >= 4 is 5.97 Å². The van der Waals surface area contributed by atoms with Gasteiger partial charge in [0, 0.05) is 6.92 Å². The Kier molecular flexibility index (Phi) is 4.07. The largest absolute Gasteiger partial charge is 0.463 e. The quantitative estimate of drug-likeness (QED) is 0.698. The molecule has 3 nitrogen and oxygen atoms in total. The van der Waals surface area contributed by atoms with Crippen molar-refractivity contribution in [2.75, 3.05) is 0 Å². The molecule has 0 amide bonds. The fraction of sp³-hybridized carbons (Fsp3) is 0.955. The normalized spacial score (nSPS) is 55.0. The maximum absolute atomic E-state index is 11.4. The summed E-state index contributed by atoms with van der Waals surface area (Å²) in [6, 6.07) is 0. The Morgan fingerprint density at radius 3 is 2.40 bits per heavy atom. The van der Waals surface area contributed by atoms with Gasteiger partial charge in [0.2, 0.25) is 0 Å². The van der Waals surface area contributed by atoms with Crippen LogP contribution in [0.2, 0.25) is 0 Å². The third kappa shape index (κ3) is 2.51. The van der Waals surface area contributed by atoms with Crippen LogP contribution in [-0.4, -0.2) is 22.8 Å². The molecular formula is C22H36O3. The minimum Gasteiger partial charge on any atom is -0.463 e. The summed E-state index contributed by atoms with van der Waals surface area (Å²) in [6.07, 6.45) is 10.7. The zero-order chi connectivity index (χ0) is 18.0. The molecule has 142 valence electrons. The van der Waals surface area contributed by atoms with Crippen molar-refractivity contribution in [2.24, 2.45) is 34.5 Å². The van der Waals surface area contributed by atoms with Gasteiger partial charge in [0.1, 0.15) is 6.10 Å². The lowest BCUT2D eigenvalue weighted by atomic mass is 9.44. The van der Waals surface area contributed by atoms with E-state index in [9.17, 15) is 9.90 Å². The van der Waals surface area contributed by atoms with Crippen LogP contribution < -0.4 is 0 Å². The summed E-state index contributed by atoms with van der Waals surface area (Å²) in [7, 11) is 0. The molecule has 4 saturated carbocycles. The third-order valence-corrected chi connectivity index (χ3v) is 9.51. The Balaban J connectivity index is 1.55. The van der Waals surface area contributed by atoms with Crippen molar-refractivity contribution in [3.8, 4) is 0 Å². The Morgan fingerprint density at radius 1 is 0.960 bits per heavy atom. The SMILES string of the molecule is CC(=O)O[C@H]1CC[C@@]2(C)[C@@H](CC[C@@H]3[C@@H]2CC[C@@]2(C)[C@H]3CC[C@@]2(C)O)C1. The van der Waals surface area contributed by atoms with Gasteiger partial charge in [0.15, 0.2) is 0 Å². The van der Waals surface area contributed by atoms with Crippen LogP contribution in [0.25, 0.3) is 0 Å². The maximum atomic E-state index is 11.4. The van der Waals surface area contributed by atoms with Crippen LogP contribution in [0.1, 0.15) is 85.5 Å². The molecule has 0 heterocycles. The predicted molar refractivity (Wildman–Crippen MR) is 97.9 cm³/mol. The van der Waals surface area contributed by atoms with Crippen LogP contribution in [0.4, 0.5) is 0 Å². The topological polar surface area (TPSA) is 46.5 Å². The molecule has 4 aliphatic rings. The molecule has 0 unspecified atom stereocenters. The molecule has 0 aromatic rings. The highest BCUT2D eigenvalue weighted by Crippen LogP contribution is 2.68. The van der Waals surface area contributed by atoms with Gasteiger partial charge in [0.25, 0.3) is 0 Å². The molecule has 4 rings (SSSR count). The zero-order valence-electron chi connectivity index (χ0n) is 16.5. The van der Waals surface area contributed by atoms with Crippen molar-refractivity contribution < 1.29 is 14.6 Å². The molecule has 0 aromatic carbocycles. The Labute approximate surface area is 152 Å². The van der Waals surface area contributed by atoms with E-state index in [1.807, 2.05) is 0 Å². The van der Waals surface area contributed by atoms with Crippen LogP contribution in [0.15, 0.2) is 0 Å². The first kappa shape index (κ1) is 17.8. The van der Waals surface area contributed by atoms with E-state index in [1.54, 1.807) is 6.92 Å². The second-order valence-electron chi connectivity index (χ2n) is 10.4. The minimum absolute atomic E-state index is 0.117. The van der Waals surface area contributed by atoms with E-state index in [0.29, 0.717) is 17.3 Å². The van der Waals surface area contributed by atoms with E-state index in [0.717, 1.165) is 31.1 Å². The number of hydrogen-bond acceptors (Lipinski definition) is 3. The molecule has 25 heavy (non-hydrogen) atoms. The van der Waals surface area contributed by atoms with E-state index >= 15 is 0 Å². The summed E-state index contributed by atoms with van der Waals surface area (Å²) < 4.78 is 5.56. The number of hydrogen-bond donors (Lipinski definition) is 1. The van der Waals surface area contributed by atoms with Gasteiger partial charge in [-0.25, -0.2) is 0 Å². The second-order valence-corrected chi connectivity index (χ2v) is 10.4. The first-order valence-electron chi connectivity index (χ1n) is 10.6. The van der Waals surface area contributed by atoms with Crippen LogP contribution in [0.5, 0.6) is 0 Å². The monoisotopic (exact) mass is 348 g/mol. The Bertz CT molecular complexity index is 555. The van der Waals surface area contributed by atoms with Crippen molar-refractivity contribution in [2.45, 2.75) is 97.2 Å². The van der Waals surface area contributed by atoms with Crippen LogP contribution in [0, 0.1) is 34.5 Å². The van der Waals surface area contributed by atoms with E-state index in [-0.39, 0.29) is 17.5 Å². The Hall–Kier alpha value is -0.570. The summed E-state index contributed by atoms with van der Waals surface area (Å²) in [5.74, 6) is 2.88. The average Bonchev–Trinajstić information content (AvgIpc) is 2.77. The molecule has 4 aliphatic carbocycles. The molecule has 0 spiro atoms. The highest BCUT2D eigenvalue weighted by atomic mass is 16.5. The first-order chi connectivity index (χ1) is 11.7. The average molecular weight is 349 g/mol. The number of esters is 1. The van der Waals surface area contributed by atoms with Gasteiger partial charge in [-0.1, -0.05) is 13.8 Å². The van der Waals surface area contributed by atoms with E-state index in [1.165, 1.54) is 38.5 Å². The number of ether oxygens (including phenoxy) is 1. The summed E-state index contributed by atoms with van der Waals surface area (Å²) in [4.78, 5) is 11.4. The van der Waals surface area contributed by atoms with E-state index < -0.39 is 5.60 Å². The highest BCUT2D eigenvalue weighted by Gasteiger charge is 2.63. The predicted octanol–water partition coefficient (Wildman–Crippen LogP) is 4.71. The van der Waals surface area contributed by atoms with Crippen molar-refractivity contribution in [3.63, 3.8) is 0 Å². The number of rotatable bonds is 1. The lowest BCUT2D eigenvalue weighted by molar-refractivity contribution is -0.166. The van der Waals surface area contributed by atoms with Crippen molar-refractivity contribution in [3.05, 3.63) is 0 Å². The molecule has 0 radical (unpaired) electrons. The van der Waals surface area contributed by atoms with Gasteiger partial charge < -0.3 is 9.84 Å². The highest BCUT2D eigenvalue weighted by molar-refractivity contribution is 5.66.